The molecule has 3 rings (SSSR count). The van der Waals surface area contributed by atoms with Gasteiger partial charge < -0.3 is 5.32 Å². The Morgan fingerprint density at radius 1 is 1.30 bits per heavy atom. The van der Waals surface area contributed by atoms with Gasteiger partial charge in [0.15, 0.2) is 0 Å². The van der Waals surface area contributed by atoms with E-state index >= 15 is 0 Å². The molecular formula is C17H25BrN2. The molecule has 1 aromatic rings. The van der Waals surface area contributed by atoms with Crippen LogP contribution in [0.5, 0.6) is 0 Å². The third kappa shape index (κ3) is 2.81. The predicted molar refractivity (Wildman–Crippen MR) is 88.1 cm³/mol. The molecule has 1 heterocycles. The van der Waals surface area contributed by atoms with Crippen LogP contribution in [0.2, 0.25) is 0 Å². The van der Waals surface area contributed by atoms with Gasteiger partial charge in [0.25, 0.3) is 0 Å². The minimum absolute atomic E-state index is 0.657. The third-order valence-corrected chi connectivity index (χ3v) is 5.73. The molecule has 1 fully saturated rings. The molecule has 0 aromatic heterocycles. The molecule has 0 amide bonds. The van der Waals surface area contributed by atoms with Gasteiger partial charge in [-0.05, 0) is 69.4 Å². The summed E-state index contributed by atoms with van der Waals surface area (Å²) >= 11 is 3.73. The molecule has 20 heavy (non-hydrogen) atoms. The normalized spacial score (nSPS) is 26.7. The first-order valence-electron chi connectivity index (χ1n) is 7.99. The minimum Gasteiger partial charge on any atom is -0.320 e. The molecule has 1 saturated heterocycles. The molecule has 2 aliphatic rings. The number of nitrogens with one attached hydrogen (secondary N) is 1. The second-order valence-corrected chi connectivity index (χ2v) is 7.00. The number of hydrogen-bond acceptors (Lipinski definition) is 2. The molecule has 0 bridgehead atoms. The highest BCUT2D eigenvalue weighted by Crippen LogP contribution is 2.41. The highest BCUT2D eigenvalue weighted by molar-refractivity contribution is 9.10. The van der Waals surface area contributed by atoms with Crippen molar-refractivity contribution in [3.63, 3.8) is 0 Å². The van der Waals surface area contributed by atoms with E-state index < -0.39 is 0 Å². The topological polar surface area (TPSA) is 15.3 Å². The molecule has 110 valence electrons. The van der Waals surface area contributed by atoms with Crippen molar-refractivity contribution >= 4 is 15.9 Å². The van der Waals surface area contributed by atoms with Gasteiger partial charge in [-0.25, -0.2) is 0 Å². The summed E-state index contributed by atoms with van der Waals surface area (Å²) in [6.45, 7) is 2.42. The number of hydrogen-bond donors (Lipinski definition) is 1. The fourth-order valence-corrected chi connectivity index (χ4v) is 4.57. The Kier molecular flexibility index (Phi) is 4.79. The van der Waals surface area contributed by atoms with E-state index in [-0.39, 0.29) is 0 Å². The zero-order valence-corrected chi connectivity index (χ0v) is 14.0. The van der Waals surface area contributed by atoms with E-state index in [1.165, 1.54) is 49.5 Å². The number of fused-ring (bicyclic) bond motifs is 1. The van der Waals surface area contributed by atoms with Gasteiger partial charge in [0, 0.05) is 16.6 Å². The SMILES string of the molecule is CNCCC1CCCCN1C1CCc2c(Br)cccc21. The summed E-state index contributed by atoms with van der Waals surface area (Å²) in [7, 11) is 2.06. The van der Waals surface area contributed by atoms with Crippen molar-refractivity contribution in [1.29, 1.82) is 0 Å². The van der Waals surface area contributed by atoms with E-state index in [0.29, 0.717) is 6.04 Å². The van der Waals surface area contributed by atoms with Crippen LogP contribution in [-0.2, 0) is 6.42 Å². The van der Waals surface area contributed by atoms with Gasteiger partial charge >= 0.3 is 0 Å². The Morgan fingerprint density at radius 3 is 3.05 bits per heavy atom. The number of nitrogens with zero attached hydrogens (tertiary/aromatic N) is 1. The van der Waals surface area contributed by atoms with E-state index in [0.717, 1.165) is 12.6 Å². The van der Waals surface area contributed by atoms with Crippen molar-refractivity contribution in [2.24, 2.45) is 0 Å². The maximum Gasteiger partial charge on any atom is 0.0357 e. The molecule has 1 aliphatic carbocycles. The average molecular weight is 337 g/mol. The summed E-state index contributed by atoms with van der Waals surface area (Å²) in [5, 5.41) is 3.32. The standard InChI is InChI=1S/C17H25BrN2/c1-19-11-10-13-5-2-3-12-20(13)17-9-8-14-15(17)6-4-7-16(14)18/h4,6-7,13,17,19H,2-3,5,8-12H2,1H3. The number of halogens is 1. The first-order valence-corrected chi connectivity index (χ1v) is 8.78. The molecule has 2 unspecified atom stereocenters. The van der Waals surface area contributed by atoms with Crippen LogP contribution in [0.15, 0.2) is 22.7 Å². The van der Waals surface area contributed by atoms with Gasteiger partial charge in [0.05, 0.1) is 0 Å². The van der Waals surface area contributed by atoms with Gasteiger partial charge in [-0.1, -0.05) is 34.5 Å². The molecule has 0 radical (unpaired) electrons. The second-order valence-electron chi connectivity index (χ2n) is 6.14. The molecule has 0 saturated carbocycles. The van der Waals surface area contributed by atoms with Crippen molar-refractivity contribution in [2.45, 2.75) is 50.6 Å². The largest absolute Gasteiger partial charge is 0.320 e. The molecule has 1 aliphatic heterocycles. The Bertz CT molecular complexity index is 460. The summed E-state index contributed by atoms with van der Waals surface area (Å²) < 4.78 is 1.31. The van der Waals surface area contributed by atoms with Crippen LogP contribution < -0.4 is 5.32 Å². The van der Waals surface area contributed by atoms with Gasteiger partial charge in [-0.15, -0.1) is 0 Å². The number of likely N-dealkylation sites (tertiary alicyclic amines) is 1. The third-order valence-electron chi connectivity index (χ3n) is 4.98. The lowest BCUT2D eigenvalue weighted by Gasteiger charge is -2.40. The van der Waals surface area contributed by atoms with Gasteiger partial charge in [-0.2, -0.15) is 0 Å². The number of rotatable bonds is 4. The lowest BCUT2D eigenvalue weighted by Crippen LogP contribution is -2.42. The van der Waals surface area contributed by atoms with Gasteiger partial charge in [0.2, 0.25) is 0 Å². The van der Waals surface area contributed by atoms with Crippen LogP contribution in [0.4, 0.5) is 0 Å². The van der Waals surface area contributed by atoms with Crippen molar-refractivity contribution in [3.8, 4) is 0 Å². The van der Waals surface area contributed by atoms with Gasteiger partial charge in [-0.3, -0.25) is 4.90 Å². The Morgan fingerprint density at radius 2 is 2.20 bits per heavy atom. The fourth-order valence-electron chi connectivity index (χ4n) is 3.99. The summed E-state index contributed by atoms with van der Waals surface area (Å²) in [5.74, 6) is 0. The second kappa shape index (κ2) is 6.59. The summed E-state index contributed by atoms with van der Waals surface area (Å²) in [6.07, 6.45) is 7.97. The first-order chi connectivity index (χ1) is 9.81. The lowest BCUT2D eigenvalue weighted by molar-refractivity contribution is 0.0889. The van der Waals surface area contributed by atoms with Crippen molar-refractivity contribution in [1.82, 2.24) is 10.2 Å². The van der Waals surface area contributed by atoms with Crippen LogP contribution in [0.1, 0.15) is 49.3 Å². The highest BCUT2D eigenvalue weighted by atomic mass is 79.9. The van der Waals surface area contributed by atoms with E-state index in [9.17, 15) is 0 Å². The highest BCUT2D eigenvalue weighted by Gasteiger charge is 2.33. The quantitative estimate of drug-likeness (QED) is 0.896. The zero-order chi connectivity index (χ0) is 13.9. The van der Waals surface area contributed by atoms with E-state index in [4.69, 9.17) is 0 Å². The van der Waals surface area contributed by atoms with Crippen LogP contribution in [0.25, 0.3) is 0 Å². The maximum absolute atomic E-state index is 3.73. The van der Waals surface area contributed by atoms with Crippen LogP contribution in [0, 0.1) is 0 Å². The van der Waals surface area contributed by atoms with Crippen LogP contribution in [-0.4, -0.2) is 31.1 Å². The molecule has 1 N–H and O–H groups in total. The molecule has 3 heteroatoms. The number of benzene rings is 1. The maximum atomic E-state index is 3.73. The van der Waals surface area contributed by atoms with Crippen molar-refractivity contribution in [2.75, 3.05) is 20.1 Å². The van der Waals surface area contributed by atoms with E-state index in [1.54, 1.807) is 11.1 Å². The van der Waals surface area contributed by atoms with E-state index in [2.05, 4.69) is 51.4 Å². The van der Waals surface area contributed by atoms with Gasteiger partial charge in [0.1, 0.15) is 0 Å². The summed E-state index contributed by atoms with van der Waals surface area (Å²) in [5.41, 5.74) is 3.13. The summed E-state index contributed by atoms with van der Waals surface area (Å²) in [6, 6.07) is 8.17. The smallest absolute Gasteiger partial charge is 0.0357 e. The van der Waals surface area contributed by atoms with Crippen molar-refractivity contribution < 1.29 is 0 Å². The predicted octanol–water partition coefficient (Wildman–Crippen LogP) is 3.90. The molecule has 2 atom stereocenters. The Labute approximate surface area is 131 Å². The number of piperidine rings is 1. The monoisotopic (exact) mass is 336 g/mol. The first kappa shape index (κ1) is 14.6. The lowest BCUT2D eigenvalue weighted by atomic mass is 9.95. The van der Waals surface area contributed by atoms with Crippen molar-refractivity contribution in [3.05, 3.63) is 33.8 Å². The van der Waals surface area contributed by atoms with Crippen LogP contribution in [0.3, 0.4) is 0 Å². The molecule has 0 spiro atoms. The van der Waals surface area contributed by atoms with E-state index in [1.807, 2.05) is 0 Å². The minimum atomic E-state index is 0.657. The Hall–Kier alpha value is -0.380. The Balaban J connectivity index is 1.80. The molecule has 2 nitrogen and oxygen atoms in total. The average Bonchev–Trinajstić information content (AvgIpc) is 2.91. The summed E-state index contributed by atoms with van der Waals surface area (Å²) in [4.78, 5) is 2.80. The fraction of sp³-hybridized carbons (Fsp3) is 0.647. The molecular weight excluding hydrogens is 312 g/mol. The van der Waals surface area contributed by atoms with Crippen LogP contribution >= 0.6 is 15.9 Å². The molecule has 1 aromatic carbocycles. The zero-order valence-electron chi connectivity index (χ0n) is 12.4.